The van der Waals surface area contributed by atoms with Crippen molar-refractivity contribution in [1.82, 2.24) is 0 Å². The number of benzene rings is 1. The molecule has 17 heavy (non-hydrogen) atoms. The molecule has 1 aliphatic rings. The van der Waals surface area contributed by atoms with Crippen LogP contribution in [0.25, 0.3) is 0 Å². The number of anilines is 1. The van der Waals surface area contributed by atoms with Gasteiger partial charge in [-0.25, -0.2) is 0 Å². The number of thioether (sulfide) groups is 1. The zero-order valence-electron chi connectivity index (χ0n) is 10.3. The first-order chi connectivity index (χ1) is 7.96. The van der Waals surface area contributed by atoms with Crippen LogP contribution in [0.4, 0.5) is 5.69 Å². The number of Topliss-reactive ketones (excluding diaryl/α,β-unsaturated/α-hetero) is 1. The fraction of sp³-hybridized carbons (Fsp3) is 0.385. The Morgan fingerprint density at radius 2 is 2.24 bits per heavy atom. The molecule has 0 fully saturated rings. The van der Waals surface area contributed by atoms with Crippen molar-refractivity contribution in [1.29, 1.82) is 0 Å². The highest BCUT2D eigenvalue weighted by Gasteiger charge is 2.27. The number of hydrogen-bond donors (Lipinski definition) is 1. The highest BCUT2D eigenvalue weighted by molar-refractivity contribution is 8.15. The van der Waals surface area contributed by atoms with Crippen LogP contribution in [0.5, 0.6) is 0 Å². The average Bonchev–Trinajstić information content (AvgIpc) is 2.58. The Hall–Kier alpha value is -1.29. The van der Waals surface area contributed by atoms with Gasteiger partial charge in [-0.15, -0.1) is 0 Å². The molecule has 0 bridgehead atoms. The molecule has 0 aliphatic carbocycles. The van der Waals surface area contributed by atoms with Crippen LogP contribution in [0.2, 0.25) is 0 Å². The van der Waals surface area contributed by atoms with Crippen molar-refractivity contribution in [3.63, 3.8) is 0 Å². The van der Waals surface area contributed by atoms with E-state index in [0.717, 1.165) is 23.0 Å². The van der Waals surface area contributed by atoms with Crippen LogP contribution in [0.3, 0.4) is 0 Å². The predicted octanol–water partition coefficient (Wildman–Crippen LogP) is 3.18. The first kappa shape index (κ1) is 12.2. The molecule has 0 spiro atoms. The topological polar surface area (TPSA) is 41.5 Å². The maximum Gasteiger partial charge on any atom is 0.161 e. The summed E-state index contributed by atoms with van der Waals surface area (Å²) in [6, 6.07) is 7.50. The van der Waals surface area contributed by atoms with Crippen molar-refractivity contribution in [2.24, 2.45) is 4.99 Å². The van der Waals surface area contributed by atoms with Gasteiger partial charge in [0.25, 0.3) is 0 Å². The van der Waals surface area contributed by atoms with E-state index in [2.05, 4.69) is 24.2 Å². The maximum absolute atomic E-state index is 11.3. The fourth-order valence-corrected chi connectivity index (χ4v) is 2.54. The van der Waals surface area contributed by atoms with Crippen LogP contribution in [0.15, 0.2) is 29.3 Å². The summed E-state index contributed by atoms with van der Waals surface area (Å²) in [4.78, 5) is 15.7. The molecule has 0 amide bonds. The molecule has 0 radical (unpaired) electrons. The van der Waals surface area contributed by atoms with Crippen LogP contribution < -0.4 is 5.32 Å². The number of carbonyl (C=O) groups excluding carboxylic acids is 1. The van der Waals surface area contributed by atoms with Gasteiger partial charge in [-0.3, -0.25) is 9.79 Å². The van der Waals surface area contributed by atoms with E-state index < -0.39 is 0 Å². The molecule has 1 aliphatic heterocycles. The standard InChI is InChI=1S/C13H16N2OS/c1-9(16)10-5-4-6-11(7-10)15-12-14-8-13(2,3)17-12/h4-7H,8H2,1-3H3,(H,14,15). The van der Waals surface area contributed by atoms with Crippen molar-refractivity contribution in [2.75, 3.05) is 11.9 Å². The zero-order valence-corrected chi connectivity index (χ0v) is 11.1. The van der Waals surface area contributed by atoms with Crippen LogP contribution in [-0.2, 0) is 0 Å². The van der Waals surface area contributed by atoms with Gasteiger partial charge in [0.2, 0.25) is 0 Å². The lowest BCUT2D eigenvalue weighted by molar-refractivity contribution is 0.101. The van der Waals surface area contributed by atoms with Crippen molar-refractivity contribution in [2.45, 2.75) is 25.5 Å². The maximum atomic E-state index is 11.3. The number of amidine groups is 1. The Morgan fingerprint density at radius 3 is 2.82 bits per heavy atom. The molecule has 90 valence electrons. The van der Waals surface area contributed by atoms with Gasteiger partial charge in [0, 0.05) is 16.0 Å². The van der Waals surface area contributed by atoms with E-state index in [0.29, 0.717) is 0 Å². The zero-order chi connectivity index (χ0) is 12.5. The van der Waals surface area contributed by atoms with Crippen molar-refractivity contribution in [3.05, 3.63) is 29.8 Å². The summed E-state index contributed by atoms with van der Waals surface area (Å²) in [7, 11) is 0. The molecule has 0 atom stereocenters. The molecule has 0 saturated heterocycles. The molecular formula is C13H16N2OS. The van der Waals surface area contributed by atoms with Crippen molar-refractivity contribution < 1.29 is 4.79 Å². The minimum Gasteiger partial charge on any atom is -0.335 e. The quantitative estimate of drug-likeness (QED) is 0.817. The lowest BCUT2D eigenvalue weighted by Crippen LogP contribution is -2.16. The van der Waals surface area contributed by atoms with Gasteiger partial charge in [0.05, 0.1) is 6.54 Å². The summed E-state index contributed by atoms with van der Waals surface area (Å²) in [6.45, 7) is 6.74. The van der Waals surface area contributed by atoms with E-state index in [-0.39, 0.29) is 10.5 Å². The van der Waals surface area contributed by atoms with E-state index in [4.69, 9.17) is 0 Å². The van der Waals surface area contributed by atoms with E-state index in [1.165, 1.54) is 0 Å². The Bertz CT molecular complexity index is 480. The predicted molar refractivity (Wildman–Crippen MR) is 74.0 cm³/mol. The Labute approximate surface area is 106 Å². The monoisotopic (exact) mass is 248 g/mol. The Balaban J connectivity index is 2.10. The summed E-state index contributed by atoms with van der Waals surface area (Å²) < 4.78 is 0.167. The smallest absolute Gasteiger partial charge is 0.161 e. The molecule has 1 aromatic rings. The SMILES string of the molecule is CC(=O)c1cccc(NC2=NCC(C)(C)S2)c1. The number of nitrogens with zero attached hydrogens (tertiary/aromatic N) is 1. The average molecular weight is 248 g/mol. The first-order valence-corrected chi connectivity index (χ1v) is 6.39. The molecule has 3 nitrogen and oxygen atoms in total. The van der Waals surface area contributed by atoms with Crippen molar-refractivity contribution >= 4 is 28.4 Å². The van der Waals surface area contributed by atoms with Crippen LogP contribution in [0.1, 0.15) is 31.1 Å². The van der Waals surface area contributed by atoms with Crippen LogP contribution in [0, 0.1) is 0 Å². The number of hydrogen-bond acceptors (Lipinski definition) is 4. The molecule has 0 aromatic heterocycles. The molecule has 0 unspecified atom stereocenters. The third kappa shape index (κ3) is 3.09. The third-order valence-electron chi connectivity index (χ3n) is 2.50. The summed E-state index contributed by atoms with van der Waals surface area (Å²) in [5.41, 5.74) is 1.64. The number of aliphatic imine (C=N–C) groups is 1. The number of nitrogens with one attached hydrogen (secondary N) is 1. The normalized spacial score (nSPS) is 17.7. The second kappa shape index (κ2) is 4.53. The Kier molecular flexibility index (Phi) is 3.24. The number of rotatable bonds is 2. The van der Waals surface area contributed by atoms with Crippen LogP contribution in [-0.4, -0.2) is 22.2 Å². The third-order valence-corrected chi connectivity index (χ3v) is 3.60. The molecular weight excluding hydrogens is 232 g/mol. The lowest BCUT2D eigenvalue weighted by Gasteiger charge is -2.14. The minimum absolute atomic E-state index is 0.0787. The van der Waals surface area contributed by atoms with E-state index in [1.807, 2.05) is 24.3 Å². The summed E-state index contributed by atoms with van der Waals surface area (Å²) >= 11 is 1.73. The van der Waals surface area contributed by atoms with Gasteiger partial charge in [0.1, 0.15) is 0 Å². The van der Waals surface area contributed by atoms with Gasteiger partial charge >= 0.3 is 0 Å². The summed E-state index contributed by atoms with van der Waals surface area (Å²) in [5, 5.41) is 4.18. The van der Waals surface area contributed by atoms with Gasteiger partial charge < -0.3 is 5.32 Å². The summed E-state index contributed by atoms with van der Waals surface area (Å²) in [5.74, 6) is 0.0787. The van der Waals surface area contributed by atoms with E-state index in [1.54, 1.807) is 18.7 Å². The fourth-order valence-electron chi connectivity index (χ4n) is 1.59. The van der Waals surface area contributed by atoms with Crippen molar-refractivity contribution in [3.8, 4) is 0 Å². The van der Waals surface area contributed by atoms with Gasteiger partial charge in [-0.05, 0) is 32.9 Å². The number of ketones is 1. The lowest BCUT2D eigenvalue weighted by atomic mass is 10.1. The van der Waals surface area contributed by atoms with Gasteiger partial charge in [-0.2, -0.15) is 0 Å². The van der Waals surface area contributed by atoms with E-state index in [9.17, 15) is 4.79 Å². The molecule has 1 heterocycles. The largest absolute Gasteiger partial charge is 0.335 e. The number of carbonyl (C=O) groups is 1. The minimum atomic E-state index is 0.0787. The second-order valence-corrected chi connectivity index (χ2v) is 6.44. The van der Waals surface area contributed by atoms with Crippen LogP contribution >= 0.6 is 11.8 Å². The highest BCUT2D eigenvalue weighted by atomic mass is 32.2. The molecule has 2 rings (SSSR count). The Morgan fingerprint density at radius 1 is 1.47 bits per heavy atom. The first-order valence-electron chi connectivity index (χ1n) is 5.58. The molecule has 0 saturated carbocycles. The summed E-state index contributed by atoms with van der Waals surface area (Å²) in [6.07, 6.45) is 0. The second-order valence-electron chi connectivity index (χ2n) is 4.75. The molecule has 1 N–H and O–H groups in total. The van der Waals surface area contributed by atoms with E-state index >= 15 is 0 Å². The molecule has 4 heteroatoms. The molecule has 1 aromatic carbocycles. The van der Waals surface area contributed by atoms with Gasteiger partial charge in [0.15, 0.2) is 11.0 Å². The van der Waals surface area contributed by atoms with Gasteiger partial charge in [-0.1, -0.05) is 23.9 Å². The highest BCUT2D eigenvalue weighted by Crippen LogP contribution is 2.32.